The van der Waals surface area contributed by atoms with Gasteiger partial charge in [-0.2, -0.15) is 0 Å². The first-order valence-corrected chi connectivity index (χ1v) is 6.34. The number of aromatic nitrogens is 2. The molecule has 0 radical (unpaired) electrons. The van der Waals surface area contributed by atoms with E-state index in [4.69, 9.17) is 16.3 Å². The van der Waals surface area contributed by atoms with Gasteiger partial charge in [0.05, 0.1) is 24.7 Å². The highest BCUT2D eigenvalue weighted by Crippen LogP contribution is 2.15. The van der Waals surface area contributed by atoms with Gasteiger partial charge in [-0.25, -0.2) is 4.98 Å². The van der Waals surface area contributed by atoms with Crippen LogP contribution in [-0.4, -0.2) is 41.7 Å². The Labute approximate surface area is 107 Å². The number of nitrogens with zero attached hydrogens (tertiary/aromatic N) is 3. The lowest BCUT2D eigenvalue weighted by molar-refractivity contribution is 0.0410. The second kappa shape index (κ2) is 6.28. The Kier molecular flexibility index (Phi) is 4.71. The maximum atomic E-state index is 5.70. The molecule has 1 aliphatic heterocycles. The highest BCUT2D eigenvalue weighted by Gasteiger charge is 2.16. The molecular weight excluding hydrogens is 238 g/mol. The van der Waals surface area contributed by atoms with Crippen LogP contribution in [0.1, 0.15) is 18.5 Å². The van der Waals surface area contributed by atoms with Crippen molar-refractivity contribution >= 4 is 11.6 Å². The monoisotopic (exact) mass is 255 g/mol. The molecule has 0 aliphatic carbocycles. The fourth-order valence-electron chi connectivity index (χ4n) is 2.15. The van der Waals surface area contributed by atoms with Crippen molar-refractivity contribution < 1.29 is 4.74 Å². The van der Waals surface area contributed by atoms with Gasteiger partial charge in [0.1, 0.15) is 5.15 Å². The van der Waals surface area contributed by atoms with E-state index in [0.717, 1.165) is 32.0 Å². The second-order valence-corrected chi connectivity index (χ2v) is 5.00. The van der Waals surface area contributed by atoms with Gasteiger partial charge in [0.25, 0.3) is 0 Å². The Morgan fingerprint density at radius 2 is 2.35 bits per heavy atom. The fraction of sp³-hybridized carbons (Fsp3) is 0.667. The molecule has 4 nitrogen and oxygen atoms in total. The Morgan fingerprint density at radius 3 is 3.00 bits per heavy atom. The van der Waals surface area contributed by atoms with Crippen molar-refractivity contribution in [3.05, 3.63) is 23.2 Å². The molecular formula is C12H18ClN3O. The molecule has 2 heterocycles. The number of rotatable bonds is 4. The van der Waals surface area contributed by atoms with Crippen molar-refractivity contribution in [2.45, 2.75) is 19.4 Å². The van der Waals surface area contributed by atoms with Crippen LogP contribution in [0.25, 0.3) is 0 Å². The molecule has 1 atom stereocenters. The van der Waals surface area contributed by atoms with Crippen molar-refractivity contribution in [2.24, 2.45) is 5.92 Å². The first-order chi connectivity index (χ1) is 8.24. The summed E-state index contributed by atoms with van der Waals surface area (Å²) in [6.45, 7) is 3.66. The molecule has 1 unspecified atom stereocenters. The van der Waals surface area contributed by atoms with E-state index in [1.54, 1.807) is 12.4 Å². The predicted octanol–water partition coefficient (Wildman–Crippen LogP) is 1.99. The van der Waals surface area contributed by atoms with Crippen LogP contribution in [0.15, 0.2) is 12.4 Å². The average molecular weight is 256 g/mol. The minimum atomic E-state index is 0.442. The van der Waals surface area contributed by atoms with Gasteiger partial charge >= 0.3 is 0 Å². The SMILES string of the molecule is CN(Cc1cnc(Cl)cn1)CC1CCCOC1. The lowest BCUT2D eigenvalue weighted by atomic mass is 10.0. The zero-order chi connectivity index (χ0) is 12.1. The quantitative estimate of drug-likeness (QED) is 0.825. The van der Waals surface area contributed by atoms with Gasteiger partial charge in [0.2, 0.25) is 0 Å². The Bertz CT molecular complexity index is 338. The highest BCUT2D eigenvalue weighted by atomic mass is 35.5. The molecule has 0 saturated carbocycles. The van der Waals surface area contributed by atoms with E-state index in [1.807, 2.05) is 0 Å². The molecule has 2 rings (SSSR count). The number of hydrogen-bond donors (Lipinski definition) is 0. The summed E-state index contributed by atoms with van der Waals surface area (Å²) < 4.78 is 5.48. The van der Waals surface area contributed by atoms with E-state index in [-0.39, 0.29) is 0 Å². The van der Waals surface area contributed by atoms with Gasteiger partial charge in [-0.05, 0) is 25.8 Å². The van der Waals surface area contributed by atoms with Crippen LogP contribution in [-0.2, 0) is 11.3 Å². The molecule has 1 aliphatic rings. The van der Waals surface area contributed by atoms with Crippen molar-refractivity contribution in [3.63, 3.8) is 0 Å². The maximum absolute atomic E-state index is 5.70. The van der Waals surface area contributed by atoms with E-state index < -0.39 is 0 Å². The summed E-state index contributed by atoms with van der Waals surface area (Å²) in [4.78, 5) is 10.5. The number of halogens is 1. The molecule has 1 aromatic rings. The van der Waals surface area contributed by atoms with Crippen LogP contribution in [0.2, 0.25) is 5.15 Å². The Balaban J connectivity index is 1.79. The van der Waals surface area contributed by atoms with E-state index in [9.17, 15) is 0 Å². The molecule has 94 valence electrons. The summed E-state index contributed by atoms with van der Waals surface area (Å²) in [6, 6.07) is 0. The molecule has 0 N–H and O–H groups in total. The Morgan fingerprint density at radius 1 is 1.47 bits per heavy atom. The van der Waals surface area contributed by atoms with E-state index in [0.29, 0.717) is 11.1 Å². The molecule has 0 aromatic carbocycles. The van der Waals surface area contributed by atoms with Crippen molar-refractivity contribution in [1.82, 2.24) is 14.9 Å². The van der Waals surface area contributed by atoms with Crippen LogP contribution < -0.4 is 0 Å². The maximum Gasteiger partial charge on any atom is 0.147 e. The van der Waals surface area contributed by atoms with Gasteiger partial charge in [-0.3, -0.25) is 4.98 Å². The largest absolute Gasteiger partial charge is 0.381 e. The predicted molar refractivity (Wildman–Crippen MR) is 66.9 cm³/mol. The van der Waals surface area contributed by atoms with Gasteiger partial charge in [0.15, 0.2) is 0 Å². The average Bonchev–Trinajstić information content (AvgIpc) is 2.33. The first-order valence-electron chi connectivity index (χ1n) is 5.97. The molecule has 17 heavy (non-hydrogen) atoms. The third-order valence-corrected chi connectivity index (χ3v) is 3.13. The lowest BCUT2D eigenvalue weighted by Gasteiger charge is -2.26. The zero-order valence-corrected chi connectivity index (χ0v) is 10.9. The van der Waals surface area contributed by atoms with Gasteiger partial charge in [0, 0.05) is 19.7 Å². The third kappa shape index (κ3) is 4.22. The lowest BCUT2D eigenvalue weighted by Crippen LogP contribution is -2.30. The molecule has 5 heteroatoms. The van der Waals surface area contributed by atoms with Gasteiger partial charge in [-0.1, -0.05) is 11.6 Å². The van der Waals surface area contributed by atoms with Crippen molar-refractivity contribution in [1.29, 1.82) is 0 Å². The van der Waals surface area contributed by atoms with Crippen LogP contribution in [0, 0.1) is 5.92 Å². The first kappa shape index (κ1) is 12.7. The minimum Gasteiger partial charge on any atom is -0.381 e. The summed E-state index contributed by atoms with van der Waals surface area (Å²) in [6.07, 6.45) is 5.76. The summed E-state index contributed by atoms with van der Waals surface area (Å²) in [7, 11) is 2.10. The molecule has 0 spiro atoms. The van der Waals surface area contributed by atoms with Crippen LogP contribution in [0.5, 0.6) is 0 Å². The molecule has 0 amide bonds. The summed E-state index contributed by atoms with van der Waals surface area (Å²) >= 11 is 5.70. The van der Waals surface area contributed by atoms with E-state index in [2.05, 4.69) is 21.9 Å². The molecule has 1 fully saturated rings. The number of ether oxygens (including phenoxy) is 1. The van der Waals surface area contributed by atoms with E-state index in [1.165, 1.54) is 12.8 Å². The normalized spacial score (nSPS) is 20.8. The minimum absolute atomic E-state index is 0.442. The second-order valence-electron chi connectivity index (χ2n) is 4.61. The molecule has 0 bridgehead atoms. The highest BCUT2D eigenvalue weighted by molar-refractivity contribution is 6.29. The van der Waals surface area contributed by atoms with Gasteiger partial charge in [-0.15, -0.1) is 0 Å². The van der Waals surface area contributed by atoms with Crippen molar-refractivity contribution in [2.75, 3.05) is 26.8 Å². The standard InChI is InChI=1S/C12H18ClN3O/c1-16(7-10-3-2-4-17-9-10)8-11-5-15-12(13)6-14-11/h5-6,10H,2-4,7-9H2,1H3. The van der Waals surface area contributed by atoms with E-state index >= 15 is 0 Å². The Hall–Kier alpha value is -0.710. The smallest absolute Gasteiger partial charge is 0.147 e. The van der Waals surface area contributed by atoms with Crippen LogP contribution in [0.3, 0.4) is 0 Å². The topological polar surface area (TPSA) is 38.2 Å². The van der Waals surface area contributed by atoms with Gasteiger partial charge < -0.3 is 9.64 Å². The third-order valence-electron chi connectivity index (χ3n) is 2.93. The fourth-order valence-corrected chi connectivity index (χ4v) is 2.25. The van der Waals surface area contributed by atoms with Crippen molar-refractivity contribution in [3.8, 4) is 0 Å². The molecule has 1 saturated heterocycles. The molecule has 1 aromatic heterocycles. The van der Waals surface area contributed by atoms with Crippen LogP contribution >= 0.6 is 11.6 Å². The zero-order valence-electron chi connectivity index (χ0n) is 10.1. The summed E-state index contributed by atoms with van der Waals surface area (Å²) in [5.41, 5.74) is 0.952. The summed E-state index contributed by atoms with van der Waals surface area (Å²) in [5.74, 6) is 0.647. The number of hydrogen-bond acceptors (Lipinski definition) is 4. The summed E-state index contributed by atoms with van der Waals surface area (Å²) in [5, 5.41) is 0.442. The van der Waals surface area contributed by atoms with Crippen LogP contribution in [0.4, 0.5) is 0 Å².